The van der Waals surface area contributed by atoms with Gasteiger partial charge in [0.05, 0.1) is 23.3 Å². The monoisotopic (exact) mass is 283 g/mol. The zero-order chi connectivity index (χ0) is 13.9. The lowest BCUT2D eigenvalue weighted by Crippen LogP contribution is -2.08. The Morgan fingerprint density at radius 2 is 1.85 bits per heavy atom. The van der Waals surface area contributed by atoms with Crippen LogP contribution in [-0.2, 0) is 0 Å². The van der Waals surface area contributed by atoms with Crippen LogP contribution < -0.4 is 5.32 Å². The molecule has 100 valence electrons. The number of benzene rings is 2. The van der Waals surface area contributed by atoms with Gasteiger partial charge in [-0.05, 0) is 36.8 Å². The van der Waals surface area contributed by atoms with Crippen LogP contribution in [0.3, 0.4) is 0 Å². The average Bonchev–Trinajstić information content (AvgIpc) is 2.47. The van der Waals surface area contributed by atoms with Gasteiger partial charge in [0.25, 0.3) is 0 Å². The van der Waals surface area contributed by atoms with Gasteiger partial charge >= 0.3 is 0 Å². The largest absolute Gasteiger partial charge is 0.362 e. The van der Waals surface area contributed by atoms with Crippen LogP contribution in [0.25, 0.3) is 11.0 Å². The van der Waals surface area contributed by atoms with Gasteiger partial charge in [-0.15, -0.1) is 0 Å². The number of rotatable bonds is 3. The molecule has 2 aromatic carbocycles. The van der Waals surface area contributed by atoms with E-state index >= 15 is 0 Å². The Hall–Kier alpha value is -2.13. The minimum absolute atomic E-state index is 0.115. The Labute approximate surface area is 122 Å². The standard InChI is InChI=1S/C16H14ClN3/c1-11(12-5-4-6-13(17)9-12)19-16-10-18-14-7-2-3-8-15(14)20-16/h2-11H,1H3,(H,19,20). The van der Waals surface area contributed by atoms with E-state index in [0.717, 1.165) is 27.4 Å². The number of hydrogen-bond acceptors (Lipinski definition) is 3. The first-order valence-corrected chi connectivity index (χ1v) is 6.84. The summed E-state index contributed by atoms with van der Waals surface area (Å²) in [5.74, 6) is 0.760. The lowest BCUT2D eigenvalue weighted by atomic mass is 10.1. The van der Waals surface area contributed by atoms with Gasteiger partial charge < -0.3 is 5.32 Å². The van der Waals surface area contributed by atoms with Gasteiger partial charge in [-0.1, -0.05) is 35.9 Å². The summed E-state index contributed by atoms with van der Waals surface area (Å²) >= 11 is 6.01. The summed E-state index contributed by atoms with van der Waals surface area (Å²) in [7, 11) is 0. The van der Waals surface area contributed by atoms with Gasteiger partial charge in [-0.25, -0.2) is 4.98 Å². The molecule has 20 heavy (non-hydrogen) atoms. The van der Waals surface area contributed by atoms with Crippen LogP contribution in [0.4, 0.5) is 5.82 Å². The van der Waals surface area contributed by atoms with Gasteiger partial charge in [0.1, 0.15) is 5.82 Å². The van der Waals surface area contributed by atoms with E-state index in [1.54, 1.807) is 6.20 Å². The number of para-hydroxylation sites is 2. The molecule has 0 bridgehead atoms. The maximum absolute atomic E-state index is 6.01. The Morgan fingerprint density at radius 1 is 1.05 bits per heavy atom. The third-order valence-corrected chi connectivity index (χ3v) is 3.40. The van der Waals surface area contributed by atoms with E-state index in [1.165, 1.54) is 0 Å². The first kappa shape index (κ1) is 12.9. The van der Waals surface area contributed by atoms with Crippen molar-refractivity contribution in [2.45, 2.75) is 13.0 Å². The molecular formula is C16H14ClN3. The van der Waals surface area contributed by atoms with Crippen molar-refractivity contribution >= 4 is 28.5 Å². The maximum Gasteiger partial charge on any atom is 0.145 e. The highest BCUT2D eigenvalue weighted by Crippen LogP contribution is 2.21. The van der Waals surface area contributed by atoms with E-state index in [0.29, 0.717) is 0 Å². The lowest BCUT2D eigenvalue weighted by Gasteiger charge is -2.15. The topological polar surface area (TPSA) is 37.8 Å². The molecule has 1 N–H and O–H groups in total. The normalized spacial score (nSPS) is 12.3. The molecule has 3 aromatic rings. The van der Waals surface area contributed by atoms with Crippen molar-refractivity contribution in [2.75, 3.05) is 5.32 Å². The van der Waals surface area contributed by atoms with Gasteiger partial charge in [-0.2, -0.15) is 0 Å². The quantitative estimate of drug-likeness (QED) is 0.771. The van der Waals surface area contributed by atoms with Crippen molar-refractivity contribution < 1.29 is 0 Å². The fourth-order valence-electron chi connectivity index (χ4n) is 2.11. The molecular weight excluding hydrogens is 270 g/mol. The summed E-state index contributed by atoms with van der Waals surface area (Å²) in [6.07, 6.45) is 1.75. The summed E-state index contributed by atoms with van der Waals surface area (Å²) in [6.45, 7) is 2.07. The van der Waals surface area contributed by atoms with Crippen molar-refractivity contribution in [3.63, 3.8) is 0 Å². The van der Waals surface area contributed by atoms with E-state index in [2.05, 4.69) is 22.2 Å². The van der Waals surface area contributed by atoms with Crippen molar-refractivity contribution in [3.8, 4) is 0 Å². The molecule has 1 unspecified atom stereocenters. The fourth-order valence-corrected chi connectivity index (χ4v) is 2.31. The van der Waals surface area contributed by atoms with Crippen LogP contribution in [0.1, 0.15) is 18.5 Å². The molecule has 1 atom stereocenters. The highest BCUT2D eigenvalue weighted by atomic mass is 35.5. The number of fused-ring (bicyclic) bond motifs is 1. The summed E-state index contributed by atoms with van der Waals surface area (Å²) in [4.78, 5) is 8.95. The Bertz CT molecular complexity index is 742. The van der Waals surface area contributed by atoms with Crippen molar-refractivity contribution in [1.29, 1.82) is 0 Å². The minimum atomic E-state index is 0.115. The second-order valence-electron chi connectivity index (χ2n) is 4.66. The van der Waals surface area contributed by atoms with E-state index in [4.69, 9.17) is 11.6 Å². The molecule has 0 amide bonds. The molecule has 3 nitrogen and oxygen atoms in total. The molecule has 0 aliphatic heterocycles. The van der Waals surface area contributed by atoms with Crippen LogP contribution >= 0.6 is 11.6 Å². The number of halogens is 1. The SMILES string of the molecule is CC(Nc1cnc2ccccc2n1)c1cccc(Cl)c1. The van der Waals surface area contributed by atoms with Crippen LogP contribution in [0, 0.1) is 0 Å². The molecule has 0 saturated heterocycles. The molecule has 0 spiro atoms. The minimum Gasteiger partial charge on any atom is -0.362 e. The number of anilines is 1. The highest BCUT2D eigenvalue weighted by Gasteiger charge is 2.07. The first-order chi connectivity index (χ1) is 9.72. The molecule has 3 rings (SSSR count). The maximum atomic E-state index is 6.01. The van der Waals surface area contributed by atoms with E-state index in [1.807, 2.05) is 48.5 Å². The van der Waals surface area contributed by atoms with Crippen LogP contribution in [0.2, 0.25) is 5.02 Å². The van der Waals surface area contributed by atoms with Crippen LogP contribution in [-0.4, -0.2) is 9.97 Å². The van der Waals surface area contributed by atoms with E-state index < -0.39 is 0 Å². The number of aromatic nitrogens is 2. The molecule has 0 fully saturated rings. The predicted molar refractivity (Wildman–Crippen MR) is 83.0 cm³/mol. The van der Waals surface area contributed by atoms with Crippen molar-refractivity contribution in [3.05, 3.63) is 65.3 Å². The fraction of sp³-hybridized carbons (Fsp3) is 0.125. The Kier molecular flexibility index (Phi) is 3.52. The summed E-state index contributed by atoms with van der Waals surface area (Å²) in [5.41, 5.74) is 2.90. The van der Waals surface area contributed by atoms with Crippen LogP contribution in [0.5, 0.6) is 0 Å². The summed E-state index contributed by atoms with van der Waals surface area (Å²) < 4.78 is 0. The highest BCUT2D eigenvalue weighted by molar-refractivity contribution is 6.30. The van der Waals surface area contributed by atoms with Gasteiger partial charge in [0.2, 0.25) is 0 Å². The van der Waals surface area contributed by atoms with Crippen molar-refractivity contribution in [2.24, 2.45) is 0 Å². The number of hydrogen-bond donors (Lipinski definition) is 1. The second kappa shape index (κ2) is 5.47. The number of nitrogens with zero attached hydrogens (tertiary/aromatic N) is 2. The average molecular weight is 284 g/mol. The zero-order valence-electron chi connectivity index (χ0n) is 11.0. The van der Waals surface area contributed by atoms with E-state index in [9.17, 15) is 0 Å². The molecule has 1 aromatic heterocycles. The van der Waals surface area contributed by atoms with Crippen LogP contribution in [0.15, 0.2) is 54.7 Å². The smallest absolute Gasteiger partial charge is 0.145 e. The molecule has 0 radical (unpaired) electrons. The summed E-state index contributed by atoms with van der Waals surface area (Å²) in [6, 6.07) is 15.7. The molecule has 0 aliphatic rings. The van der Waals surface area contributed by atoms with Gasteiger partial charge in [-0.3, -0.25) is 4.98 Å². The third kappa shape index (κ3) is 2.73. The second-order valence-corrected chi connectivity index (χ2v) is 5.10. The molecule has 0 saturated carbocycles. The molecule has 4 heteroatoms. The summed E-state index contributed by atoms with van der Waals surface area (Å²) in [5, 5.41) is 4.08. The van der Waals surface area contributed by atoms with E-state index in [-0.39, 0.29) is 6.04 Å². The zero-order valence-corrected chi connectivity index (χ0v) is 11.8. The lowest BCUT2D eigenvalue weighted by molar-refractivity contribution is 0.874. The number of nitrogens with one attached hydrogen (secondary N) is 1. The third-order valence-electron chi connectivity index (χ3n) is 3.16. The molecule has 0 aliphatic carbocycles. The Morgan fingerprint density at radius 3 is 2.65 bits per heavy atom. The molecule has 1 heterocycles. The van der Waals surface area contributed by atoms with Gasteiger partial charge in [0, 0.05) is 5.02 Å². The van der Waals surface area contributed by atoms with Gasteiger partial charge in [0.15, 0.2) is 0 Å². The predicted octanol–water partition coefficient (Wildman–Crippen LogP) is 4.46. The first-order valence-electron chi connectivity index (χ1n) is 6.46. The van der Waals surface area contributed by atoms with Crippen molar-refractivity contribution in [1.82, 2.24) is 9.97 Å². The Balaban J connectivity index is 1.85.